The first kappa shape index (κ1) is 19.9. The number of hydrogen-bond donors (Lipinski definition) is 1. The largest absolute Gasteiger partial charge is 0.490 e. The molecule has 2 aromatic heterocycles. The van der Waals surface area contributed by atoms with Gasteiger partial charge in [0.2, 0.25) is 5.89 Å². The van der Waals surface area contributed by atoms with Crippen LogP contribution in [0.3, 0.4) is 0 Å². The highest BCUT2D eigenvalue weighted by Gasteiger charge is 2.18. The van der Waals surface area contributed by atoms with Crippen molar-refractivity contribution >= 4 is 28.7 Å². The molecule has 0 aliphatic carbocycles. The number of benzene rings is 2. The summed E-state index contributed by atoms with van der Waals surface area (Å²) >= 11 is 0. The molecule has 0 radical (unpaired) electrons. The number of aliphatic carboxylic acids is 1. The normalized spacial score (nSPS) is 13.8. The number of aromatic nitrogens is 3. The highest BCUT2D eigenvalue weighted by Crippen LogP contribution is 2.36. The van der Waals surface area contributed by atoms with E-state index < -0.39 is 5.97 Å². The molecule has 0 amide bonds. The van der Waals surface area contributed by atoms with E-state index in [-0.39, 0.29) is 12.3 Å². The summed E-state index contributed by atoms with van der Waals surface area (Å²) in [6, 6.07) is 13.0. The SMILES string of the molecule is Cn1cc(/C=C(\CC(=O)O)c2nc3ccccc3o2)c(-c2ccc3c(c2)OCCCO3)n1. The maximum atomic E-state index is 11.6. The molecular formula is C24H21N3O5. The molecule has 1 aliphatic rings. The Bertz CT molecular complexity index is 1300. The third-order valence-electron chi connectivity index (χ3n) is 5.12. The fourth-order valence-corrected chi connectivity index (χ4v) is 3.70. The van der Waals surface area contributed by atoms with Crippen LogP contribution in [-0.2, 0) is 11.8 Å². The van der Waals surface area contributed by atoms with Crippen molar-refractivity contribution in [2.45, 2.75) is 12.8 Å². The number of aryl methyl sites for hydroxylation is 1. The van der Waals surface area contributed by atoms with Crippen LogP contribution in [0.2, 0.25) is 0 Å². The highest BCUT2D eigenvalue weighted by atomic mass is 16.5. The Morgan fingerprint density at radius 2 is 1.97 bits per heavy atom. The number of hydrogen-bond acceptors (Lipinski definition) is 6. The molecule has 0 bridgehead atoms. The van der Waals surface area contributed by atoms with E-state index in [0.717, 1.165) is 17.5 Å². The zero-order valence-corrected chi connectivity index (χ0v) is 17.4. The lowest BCUT2D eigenvalue weighted by Crippen LogP contribution is -1.97. The Labute approximate surface area is 183 Å². The van der Waals surface area contributed by atoms with Gasteiger partial charge in [-0.05, 0) is 36.4 Å². The fourth-order valence-electron chi connectivity index (χ4n) is 3.70. The second-order valence-electron chi connectivity index (χ2n) is 7.55. The van der Waals surface area contributed by atoms with E-state index in [9.17, 15) is 9.90 Å². The molecule has 162 valence electrons. The summed E-state index contributed by atoms with van der Waals surface area (Å²) < 4.78 is 19.1. The minimum atomic E-state index is -0.973. The van der Waals surface area contributed by atoms with Crippen molar-refractivity contribution in [2.75, 3.05) is 13.2 Å². The molecule has 1 N–H and O–H groups in total. The average Bonchev–Trinajstić information content (AvgIpc) is 3.28. The van der Waals surface area contributed by atoms with E-state index in [1.54, 1.807) is 16.8 Å². The van der Waals surface area contributed by atoms with Crippen LogP contribution in [0.1, 0.15) is 24.3 Å². The first-order valence-corrected chi connectivity index (χ1v) is 10.3. The molecule has 32 heavy (non-hydrogen) atoms. The lowest BCUT2D eigenvalue weighted by Gasteiger charge is -2.09. The molecular weight excluding hydrogens is 410 g/mol. The molecule has 0 unspecified atom stereocenters. The van der Waals surface area contributed by atoms with Gasteiger partial charge >= 0.3 is 5.97 Å². The Hall–Kier alpha value is -4.07. The molecule has 5 rings (SSSR count). The summed E-state index contributed by atoms with van der Waals surface area (Å²) in [7, 11) is 1.82. The average molecular weight is 431 g/mol. The predicted molar refractivity (Wildman–Crippen MR) is 118 cm³/mol. The second-order valence-corrected chi connectivity index (χ2v) is 7.55. The van der Waals surface area contributed by atoms with E-state index in [4.69, 9.17) is 13.9 Å². The summed E-state index contributed by atoms with van der Waals surface area (Å²) in [6.45, 7) is 1.21. The summed E-state index contributed by atoms with van der Waals surface area (Å²) in [5.74, 6) is 0.684. The van der Waals surface area contributed by atoms with E-state index in [1.165, 1.54) is 0 Å². The Kier molecular flexibility index (Phi) is 5.10. The molecule has 8 nitrogen and oxygen atoms in total. The van der Waals surface area contributed by atoms with Crippen molar-refractivity contribution in [3.8, 4) is 22.8 Å². The van der Waals surface area contributed by atoms with Crippen LogP contribution in [0, 0.1) is 0 Å². The van der Waals surface area contributed by atoms with Crippen molar-refractivity contribution < 1.29 is 23.8 Å². The molecule has 4 aromatic rings. The molecule has 0 saturated carbocycles. The van der Waals surface area contributed by atoms with Gasteiger partial charge in [0.15, 0.2) is 17.1 Å². The van der Waals surface area contributed by atoms with Crippen molar-refractivity contribution in [2.24, 2.45) is 7.05 Å². The number of fused-ring (bicyclic) bond motifs is 2. The predicted octanol–water partition coefficient (Wildman–Crippen LogP) is 4.40. The number of ether oxygens (including phenoxy) is 2. The first-order valence-electron chi connectivity index (χ1n) is 10.3. The Morgan fingerprint density at radius 3 is 2.78 bits per heavy atom. The monoisotopic (exact) mass is 431 g/mol. The van der Waals surface area contributed by atoms with Crippen LogP contribution in [0.15, 0.2) is 53.1 Å². The lowest BCUT2D eigenvalue weighted by molar-refractivity contribution is -0.135. The third-order valence-corrected chi connectivity index (χ3v) is 5.12. The lowest BCUT2D eigenvalue weighted by atomic mass is 10.0. The maximum absolute atomic E-state index is 11.6. The number of nitrogens with zero attached hydrogens (tertiary/aromatic N) is 3. The van der Waals surface area contributed by atoms with Gasteiger partial charge in [-0.15, -0.1) is 0 Å². The number of para-hydroxylation sites is 2. The molecule has 2 aromatic carbocycles. The van der Waals surface area contributed by atoms with Crippen molar-refractivity contribution in [3.05, 3.63) is 60.1 Å². The van der Waals surface area contributed by atoms with E-state index >= 15 is 0 Å². The Morgan fingerprint density at radius 1 is 1.16 bits per heavy atom. The number of oxazole rings is 1. The number of carboxylic acid groups (broad SMARTS) is 1. The van der Waals surface area contributed by atoms with Gasteiger partial charge in [0.25, 0.3) is 0 Å². The highest BCUT2D eigenvalue weighted by molar-refractivity contribution is 5.92. The minimum Gasteiger partial charge on any atom is -0.490 e. The van der Waals surface area contributed by atoms with Gasteiger partial charge in [0, 0.05) is 36.4 Å². The van der Waals surface area contributed by atoms with E-state index in [0.29, 0.717) is 47.1 Å². The quantitative estimate of drug-likeness (QED) is 0.500. The van der Waals surface area contributed by atoms with Gasteiger partial charge in [-0.2, -0.15) is 5.10 Å². The van der Waals surface area contributed by atoms with Crippen molar-refractivity contribution in [1.82, 2.24) is 14.8 Å². The van der Waals surface area contributed by atoms with Crippen LogP contribution in [0.25, 0.3) is 34.0 Å². The van der Waals surface area contributed by atoms with Crippen molar-refractivity contribution in [3.63, 3.8) is 0 Å². The van der Waals surface area contributed by atoms with E-state index in [2.05, 4.69) is 10.1 Å². The molecule has 0 spiro atoms. The van der Waals surface area contributed by atoms with Crippen molar-refractivity contribution in [1.29, 1.82) is 0 Å². The molecule has 0 atom stereocenters. The topological polar surface area (TPSA) is 99.6 Å². The number of carboxylic acids is 1. The van der Waals surface area contributed by atoms with E-state index in [1.807, 2.05) is 49.6 Å². The minimum absolute atomic E-state index is 0.234. The molecule has 0 saturated heterocycles. The summed E-state index contributed by atoms with van der Waals surface area (Å²) in [6.07, 6.45) is 4.19. The van der Waals surface area contributed by atoms with Gasteiger partial charge < -0.3 is 19.0 Å². The van der Waals surface area contributed by atoms with Gasteiger partial charge in [-0.3, -0.25) is 9.48 Å². The smallest absolute Gasteiger partial charge is 0.308 e. The van der Waals surface area contributed by atoms with Gasteiger partial charge in [-0.1, -0.05) is 12.1 Å². The zero-order chi connectivity index (χ0) is 22.1. The standard InChI is InChI=1S/C24H21N3O5/c1-27-14-17(23(26-27)15-7-8-20-21(12-15)31-10-4-9-30-20)11-16(13-22(28)29)24-25-18-5-2-3-6-19(18)32-24/h2-3,5-8,11-12,14H,4,9-10,13H2,1H3,(H,28,29)/b16-11+. The fraction of sp³-hybridized carbons (Fsp3) is 0.208. The maximum Gasteiger partial charge on any atom is 0.308 e. The molecule has 8 heteroatoms. The summed E-state index contributed by atoms with van der Waals surface area (Å²) in [5.41, 5.74) is 4.02. The first-order chi connectivity index (χ1) is 15.6. The molecule has 1 aliphatic heterocycles. The second kappa shape index (κ2) is 8.22. The summed E-state index contributed by atoms with van der Waals surface area (Å²) in [4.78, 5) is 16.1. The number of carbonyl (C=O) groups is 1. The van der Waals surface area contributed by atoms with Crippen LogP contribution < -0.4 is 9.47 Å². The third kappa shape index (κ3) is 3.94. The molecule has 3 heterocycles. The van der Waals surface area contributed by atoms with Gasteiger partial charge in [0.1, 0.15) is 5.52 Å². The van der Waals surface area contributed by atoms with Crippen LogP contribution in [0.5, 0.6) is 11.5 Å². The number of rotatable bonds is 5. The van der Waals surface area contributed by atoms with Crippen LogP contribution in [0.4, 0.5) is 0 Å². The van der Waals surface area contributed by atoms with Gasteiger partial charge in [-0.25, -0.2) is 4.98 Å². The Balaban J connectivity index is 1.59. The van der Waals surface area contributed by atoms with Gasteiger partial charge in [0.05, 0.1) is 25.3 Å². The van der Waals surface area contributed by atoms with Crippen LogP contribution in [-0.4, -0.2) is 39.1 Å². The molecule has 0 fully saturated rings. The van der Waals surface area contributed by atoms with Crippen LogP contribution >= 0.6 is 0 Å². The summed E-state index contributed by atoms with van der Waals surface area (Å²) in [5, 5.41) is 14.1. The zero-order valence-electron chi connectivity index (χ0n) is 17.4.